The van der Waals surface area contributed by atoms with Crippen LogP contribution in [-0.2, 0) is 18.7 Å². The number of hydrogen-bond donors (Lipinski definition) is 0. The van der Waals surface area contributed by atoms with E-state index in [9.17, 15) is 0 Å². The van der Waals surface area contributed by atoms with Gasteiger partial charge in [0.25, 0.3) is 0 Å². The maximum Gasteiger partial charge on any atom is 0.224 e. The fourth-order valence-electron chi connectivity index (χ4n) is 2.80. The fourth-order valence-corrected chi connectivity index (χ4v) is 3.12. The largest absolute Gasteiger partial charge is 0.439 e. The summed E-state index contributed by atoms with van der Waals surface area (Å²) in [6.45, 7) is 4.02. The van der Waals surface area contributed by atoms with Crippen LogP contribution in [0.15, 0.2) is 24.3 Å². The second kappa shape index (κ2) is 5.45. The van der Waals surface area contributed by atoms with Gasteiger partial charge in [-0.15, -0.1) is 11.6 Å². The number of rotatable bonds is 3. The monoisotopic (exact) mass is 287 g/mol. The summed E-state index contributed by atoms with van der Waals surface area (Å²) in [6, 6.07) is 8.37. The molecule has 0 N–H and O–H groups in total. The molecule has 3 heteroatoms. The molecule has 0 fully saturated rings. The minimum absolute atomic E-state index is 0.416. The molecular weight excluding hydrogens is 270 g/mol. The van der Waals surface area contributed by atoms with E-state index in [1.165, 1.54) is 24.0 Å². The standard InChI is InChI=1S/C17H18ClNO/c1-11-8-12(2)19-17(16(11)10-18)20-15-7-6-13-4-3-5-14(13)9-15/h6-9H,3-5,10H2,1-2H3. The number of aromatic nitrogens is 1. The van der Waals surface area contributed by atoms with Crippen LogP contribution in [0.2, 0.25) is 0 Å². The van der Waals surface area contributed by atoms with Gasteiger partial charge in [0.05, 0.1) is 5.88 Å². The van der Waals surface area contributed by atoms with E-state index in [0.717, 1.165) is 29.0 Å². The van der Waals surface area contributed by atoms with Gasteiger partial charge in [-0.05, 0) is 68.0 Å². The van der Waals surface area contributed by atoms with E-state index in [2.05, 4.69) is 17.1 Å². The molecule has 104 valence electrons. The number of aryl methyl sites for hydroxylation is 4. The van der Waals surface area contributed by atoms with E-state index >= 15 is 0 Å². The van der Waals surface area contributed by atoms with E-state index in [4.69, 9.17) is 16.3 Å². The number of hydrogen-bond acceptors (Lipinski definition) is 2. The van der Waals surface area contributed by atoms with Crippen LogP contribution in [-0.4, -0.2) is 4.98 Å². The van der Waals surface area contributed by atoms with Crippen molar-refractivity contribution < 1.29 is 4.74 Å². The predicted molar refractivity (Wildman–Crippen MR) is 81.8 cm³/mol. The molecule has 0 saturated carbocycles. The predicted octanol–water partition coefficient (Wildman–Crippen LogP) is 4.72. The molecule has 0 saturated heterocycles. The fraction of sp³-hybridized carbons (Fsp3) is 0.353. The highest BCUT2D eigenvalue weighted by atomic mass is 35.5. The Bertz CT molecular complexity index is 652. The van der Waals surface area contributed by atoms with Crippen LogP contribution in [0.1, 0.15) is 34.4 Å². The number of alkyl halides is 1. The van der Waals surface area contributed by atoms with Gasteiger partial charge in [0, 0.05) is 11.3 Å². The third kappa shape index (κ3) is 2.53. The first-order valence-corrected chi connectivity index (χ1v) is 7.53. The first-order chi connectivity index (χ1) is 9.67. The summed E-state index contributed by atoms with van der Waals surface area (Å²) in [7, 11) is 0. The second-order valence-corrected chi connectivity index (χ2v) is 5.65. The van der Waals surface area contributed by atoms with Crippen LogP contribution in [0, 0.1) is 13.8 Å². The molecule has 1 aliphatic rings. The lowest BCUT2D eigenvalue weighted by atomic mass is 10.1. The third-order valence-corrected chi connectivity index (χ3v) is 4.12. The van der Waals surface area contributed by atoms with Crippen LogP contribution in [0.3, 0.4) is 0 Å². The Labute approximate surface area is 124 Å². The molecule has 1 aliphatic carbocycles. The molecule has 0 aliphatic heterocycles. The Morgan fingerprint density at radius 2 is 1.95 bits per heavy atom. The molecule has 0 unspecified atom stereocenters. The van der Waals surface area contributed by atoms with Crippen molar-refractivity contribution in [3.05, 3.63) is 52.2 Å². The first-order valence-electron chi connectivity index (χ1n) is 7.00. The highest BCUT2D eigenvalue weighted by Crippen LogP contribution is 2.31. The zero-order valence-corrected chi connectivity index (χ0v) is 12.6. The molecule has 2 nitrogen and oxygen atoms in total. The maximum atomic E-state index is 6.03. The number of fused-ring (bicyclic) bond motifs is 1. The van der Waals surface area contributed by atoms with E-state index in [1.807, 2.05) is 26.0 Å². The van der Waals surface area contributed by atoms with Crippen molar-refractivity contribution in [3.63, 3.8) is 0 Å². The highest BCUT2D eigenvalue weighted by molar-refractivity contribution is 6.17. The minimum Gasteiger partial charge on any atom is -0.439 e. The van der Waals surface area contributed by atoms with Crippen LogP contribution < -0.4 is 4.74 Å². The van der Waals surface area contributed by atoms with Crippen LogP contribution in [0.25, 0.3) is 0 Å². The number of nitrogens with zero attached hydrogens (tertiary/aromatic N) is 1. The highest BCUT2D eigenvalue weighted by Gasteiger charge is 2.14. The summed E-state index contributed by atoms with van der Waals surface area (Å²) >= 11 is 6.03. The Morgan fingerprint density at radius 3 is 2.75 bits per heavy atom. The maximum absolute atomic E-state index is 6.03. The second-order valence-electron chi connectivity index (χ2n) is 5.38. The van der Waals surface area contributed by atoms with E-state index < -0.39 is 0 Å². The van der Waals surface area contributed by atoms with Crippen LogP contribution in [0.5, 0.6) is 11.6 Å². The van der Waals surface area contributed by atoms with E-state index in [0.29, 0.717) is 11.8 Å². The number of benzene rings is 1. The molecule has 0 bridgehead atoms. The summed E-state index contributed by atoms with van der Waals surface area (Å²) in [5.41, 5.74) is 5.90. The molecule has 2 aromatic rings. The number of halogens is 1. The average Bonchev–Trinajstić information content (AvgIpc) is 2.85. The zero-order chi connectivity index (χ0) is 14.1. The van der Waals surface area contributed by atoms with Gasteiger partial charge in [0.1, 0.15) is 5.75 Å². The van der Waals surface area contributed by atoms with Crippen molar-refractivity contribution in [2.45, 2.75) is 39.0 Å². The zero-order valence-electron chi connectivity index (χ0n) is 11.9. The molecular formula is C17H18ClNO. The molecule has 20 heavy (non-hydrogen) atoms. The Kier molecular flexibility index (Phi) is 3.66. The smallest absolute Gasteiger partial charge is 0.224 e. The Hall–Kier alpha value is -1.54. The normalized spacial score (nSPS) is 13.3. The van der Waals surface area contributed by atoms with Gasteiger partial charge in [0.15, 0.2) is 0 Å². The lowest BCUT2D eigenvalue weighted by Crippen LogP contribution is -1.98. The van der Waals surface area contributed by atoms with Crippen molar-refractivity contribution in [2.24, 2.45) is 0 Å². The molecule has 0 atom stereocenters. The minimum atomic E-state index is 0.416. The molecule has 3 rings (SSSR count). The molecule has 0 spiro atoms. The summed E-state index contributed by atoms with van der Waals surface area (Å²) in [4.78, 5) is 4.49. The van der Waals surface area contributed by atoms with Gasteiger partial charge in [-0.25, -0.2) is 4.98 Å². The SMILES string of the molecule is Cc1cc(C)c(CCl)c(Oc2ccc3c(c2)CCC3)n1. The lowest BCUT2D eigenvalue weighted by molar-refractivity contribution is 0.456. The number of ether oxygens (including phenoxy) is 1. The average molecular weight is 288 g/mol. The van der Waals surface area contributed by atoms with E-state index in [-0.39, 0.29) is 0 Å². The van der Waals surface area contributed by atoms with Crippen molar-refractivity contribution >= 4 is 11.6 Å². The molecule has 1 aromatic heterocycles. The van der Waals surface area contributed by atoms with Crippen molar-refractivity contribution in [1.82, 2.24) is 4.98 Å². The summed E-state index contributed by atoms with van der Waals surface area (Å²) in [6.07, 6.45) is 3.58. The van der Waals surface area contributed by atoms with Gasteiger partial charge in [-0.2, -0.15) is 0 Å². The summed E-state index contributed by atoms with van der Waals surface area (Å²) in [5.74, 6) is 1.91. The van der Waals surface area contributed by atoms with Gasteiger partial charge >= 0.3 is 0 Å². The first kappa shape index (κ1) is 13.4. The van der Waals surface area contributed by atoms with E-state index in [1.54, 1.807) is 0 Å². The molecule has 0 amide bonds. The van der Waals surface area contributed by atoms with Gasteiger partial charge in [-0.1, -0.05) is 6.07 Å². The summed E-state index contributed by atoms with van der Waals surface area (Å²) < 4.78 is 5.99. The van der Waals surface area contributed by atoms with Crippen molar-refractivity contribution in [2.75, 3.05) is 0 Å². The van der Waals surface area contributed by atoms with Crippen molar-refractivity contribution in [3.8, 4) is 11.6 Å². The topological polar surface area (TPSA) is 22.1 Å². The molecule has 1 heterocycles. The van der Waals surface area contributed by atoms with Crippen LogP contribution in [0.4, 0.5) is 0 Å². The lowest BCUT2D eigenvalue weighted by Gasteiger charge is -2.12. The third-order valence-electron chi connectivity index (χ3n) is 3.86. The molecule has 0 radical (unpaired) electrons. The van der Waals surface area contributed by atoms with Gasteiger partial charge in [0.2, 0.25) is 5.88 Å². The number of pyridine rings is 1. The quantitative estimate of drug-likeness (QED) is 0.762. The Balaban J connectivity index is 1.95. The van der Waals surface area contributed by atoms with Gasteiger partial charge in [-0.3, -0.25) is 0 Å². The van der Waals surface area contributed by atoms with Crippen LogP contribution >= 0.6 is 11.6 Å². The molecule has 1 aromatic carbocycles. The van der Waals surface area contributed by atoms with Gasteiger partial charge < -0.3 is 4.74 Å². The Morgan fingerprint density at radius 1 is 1.15 bits per heavy atom. The van der Waals surface area contributed by atoms with Crippen molar-refractivity contribution in [1.29, 1.82) is 0 Å². The summed E-state index contributed by atoms with van der Waals surface area (Å²) in [5, 5.41) is 0.